The Balaban J connectivity index is 2.24. The number of nitro benzene ring substituents is 1. The van der Waals surface area contributed by atoms with Crippen molar-refractivity contribution in [3.05, 3.63) is 56.0 Å². The molecule has 0 saturated heterocycles. The minimum atomic E-state index is -0.514. The Bertz CT molecular complexity index is 627. The Morgan fingerprint density at radius 1 is 1.40 bits per heavy atom. The zero-order chi connectivity index (χ0) is 14.7. The fourth-order valence-corrected chi connectivity index (χ4v) is 2.86. The number of halogens is 1. The number of nitrogens with zero attached hydrogens (tertiary/aromatic N) is 1. The molecule has 0 fully saturated rings. The molecule has 1 aromatic carbocycles. The highest BCUT2D eigenvalue weighted by Crippen LogP contribution is 2.31. The van der Waals surface area contributed by atoms with Crippen LogP contribution in [-0.4, -0.2) is 4.92 Å². The van der Waals surface area contributed by atoms with Crippen molar-refractivity contribution in [2.24, 2.45) is 0 Å². The van der Waals surface area contributed by atoms with Crippen molar-refractivity contribution in [1.29, 1.82) is 0 Å². The molecule has 20 heavy (non-hydrogen) atoms. The number of anilines is 1. The molecule has 2 rings (SSSR count). The summed E-state index contributed by atoms with van der Waals surface area (Å²) in [5, 5.41) is 14.0. The average molecular weight is 294 g/mol. The molecule has 106 valence electrons. The van der Waals surface area contributed by atoms with Gasteiger partial charge in [0.2, 0.25) is 0 Å². The summed E-state index contributed by atoms with van der Waals surface area (Å²) in [6.07, 6.45) is 0.956. The number of nitrogens with one attached hydrogen (secondary N) is 1. The van der Waals surface area contributed by atoms with Gasteiger partial charge in [0.15, 0.2) is 0 Å². The zero-order valence-electron chi connectivity index (χ0n) is 11.2. The molecule has 0 aliphatic rings. The Morgan fingerprint density at radius 2 is 2.15 bits per heavy atom. The first kappa shape index (κ1) is 14.5. The number of benzene rings is 1. The quantitative estimate of drug-likeness (QED) is 0.651. The Labute approximate surface area is 120 Å². The third-order valence-corrected chi connectivity index (χ3v) is 4.40. The smallest absolute Gasteiger partial charge is 0.292 e. The predicted molar refractivity (Wildman–Crippen MR) is 78.8 cm³/mol. The fourth-order valence-electron chi connectivity index (χ4n) is 1.90. The van der Waals surface area contributed by atoms with E-state index in [0.717, 1.165) is 23.4 Å². The zero-order valence-corrected chi connectivity index (χ0v) is 12.0. The second kappa shape index (κ2) is 6.00. The molecule has 2 aromatic rings. The lowest BCUT2D eigenvalue weighted by atomic mass is 10.2. The number of rotatable bonds is 5. The second-order valence-corrected chi connectivity index (χ2v) is 5.64. The maximum atomic E-state index is 13.3. The van der Waals surface area contributed by atoms with Gasteiger partial charge in [-0.15, -0.1) is 11.3 Å². The standard InChI is InChI=1S/C14H15FN2O2S/c1-3-11-5-7-14(20-11)9(2)16-12-8-10(15)4-6-13(12)17(18)19/h4-9,16H,3H2,1-2H3. The summed E-state index contributed by atoms with van der Waals surface area (Å²) in [6, 6.07) is 7.35. The van der Waals surface area contributed by atoms with Crippen LogP contribution in [0.3, 0.4) is 0 Å². The minimum absolute atomic E-state index is 0.110. The third kappa shape index (κ3) is 3.14. The summed E-state index contributed by atoms with van der Waals surface area (Å²) < 4.78 is 13.3. The van der Waals surface area contributed by atoms with Crippen molar-refractivity contribution in [3.8, 4) is 0 Å². The molecular formula is C14H15FN2O2S. The first-order valence-corrected chi connectivity index (χ1v) is 7.12. The van der Waals surface area contributed by atoms with Crippen LogP contribution in [-0.2, 0) is 6.42 Å². The van der Waals surface area contributed by atoms with Gasteiger partial charge in [0.1, 0.15) is 11.5 Å². The van der Waals surface area contributed by atoms with Crippen molar-refractivity contribution in [3.63, 3.8) is 0 Å². The molecule has 1 atom stereocenters. The van der Waals surface area contributed by atoms with Gasteiger partial charge in [0.25, 0.3) is 5.69 Å². The monoisotopic (exact) mass is 294 g/mol. The first-order valence-electron chi connectivity index (χ1n) is 6.30. The van der Waals surface area contributed by atoms with Crippen molar-refractivity contribution in [2.45, 2.75) is 26.3 Å². The molecule has 4 nitrogen and oxygen atoms in total. The molecule has 0 spiro atoms. The number of thiophene rings is 1. The highest BCUT2D eigenvalue weighted by Gasteiger charge is 2.17. The minimum Gasteiger partial charge on any atom is -0.372 e. The van der Waals surface area contributed by atoms with E-state index in [2.05, 4.69) is 12.2 Å². The molecule has 0 saturated carbocycles. The number of hydrogen-bond acceptors (Lipinski definition) is 4. The Morgan fingerprint density at radius 3 is 2.75 bits per heavy atom. The van der Waals surface area contributed by atoms with Crippen molar-refractivity contribution in [1.82, 2.24) is 0 Å². The van der Waals surface area contributed by atoms with Crippen LogP contribution in [0.15, 0.2) is 30.3 Å². The average Bonchev–Trinajstić information content (AvgIpc) is 2.87. The van der Waals surface area contributed by atoms with Gasteiger partial charge in [0, 0.05) is 21.9 Å². The van der Waals surface area contributed by atoms with E-state index < -0.39 is 10.7 Å². The van der Waals surface area contributed by atoms with Gasteiger partial charge in [-0.25, -0.2) is 4.39 Å². The van der Waals surface area contributed by atoms with E-state index in [1.807, 2.05) is 19.1 Å². The summed E-state index contributed by atoms with van der Waals surface area (Å²) >= 11 is 1.65. The lowest BCUT2D eigenvalue weighted by Gasteiger charge is -2.13. The molecular weight excluding hydrogens is 279 g/mol. The Hall–Kier alpha value is -1.95. The van der Waals surface area contributed by atoms with Crippen LogP contribution in [0, 0.1) is 15.9 Å². The first-order chi connectivity index (χ1) is 9.51. The van der Waals surface area contributed by atoms with E-state index in [1.165, 1.54) is 10.9 Å². The summed E-state index contributed by atoms with van der Waals surface area (Å²) in [5.74, 6) is -0.495. The SMILES string of the molecule is CCc1ccc(C(C)Nc2cc(F)ccc2[N+](=O)[O-])s1. The maximum Gasteiger partial charge on any atom is 0.292 e. The molecule has 0 bridgehead atoms. The van der Waals surface area contributed by atoms with Crippen molar-refractivity contribution < 1.29 is 9.31 Å². The molecule has 1 heterocycles. The molecule has 0 aliphatic heterocycles. The largest absolute Gasteiger partial charge is 0.372 e. The van der Waals surface area contributed by atoms with E-state index in [4.69, 9.17) is 0 Å². The summed E-state index contributed by atoms with van der Waals surface area (Å²) in [7, 11) is 0. The van der Waals surface area contributed by atoms with Gasteiger partial charge in [-0.3, -0.25) is 10.1 Å². The fraction of sp³-hybridized carbons (Fsp3) is 0.286. The lowest BCUT2D eigenvalue weighted by molar-refractivity contribution is -0.384. The number of hydrogen-bond donors (Lipinski definition) is 1. The van der Waals surface area contributed by atoms with Gasteiger partial charge in [0.05, 0.1) is 11.0 Å². The van der Waals surface area contributed by atoms with Crippen LogP contribution in [0.2, 0.25) is 0 Å². The normalized spacial score (nSPS) is 12.2. The second-order valence-electron chi connectivity index (χ2n) is 4.44. The third-order valence-electron chi connectivity index (χ3n) is 2.98. The van der Waals surface area contributed by atoms with E-state index in [9.17, 15) is 14.5 Å². The molecule has 0 aliphatic carbocycles. The van der Waals surface area contributed by atoms with Crippen LogP contribution < -0.4 is 5.32 Å². The Kier molecular flexibility index (Phi) is 4.34. The van der Waals surface area contributed by atoms with Crippen molar-refractivity contribution in [2.75, 3.05) is 5.32 Å². The van der Waals surface area contributed by atoms with Gasteiger partial charge in [-0.2, -0.15) is 0 Å². The molecule has 0 amide bonds. The molecule has 1 unspecified atom stereocenters. The lowest BCUT2D eigenvalue weighted by Crippen LogP contribution is -2.07. The van der Waals surface area contributed by atoms with Gasteiger partial charge in [-0.1, -0.05) is 6.92 Å². The van der Waals surface area contributed by atoms with Gasteiger partial charge >= 0.3 is 0 Å². The van der Waals surface area contributed by atoms with E-state index in [1.54, 1.807) is 11.3 Å². The van der Waals surface area contributed by atoms with E-state index >= 15 is 0 Å². The predicted octanol–water partition coefficient (Wildman–Crippen LogP) is 4.53. The summed E-state index contributed by atoms with van der Waals surface area (Å²) in [4.78, 5) is 12.8. The van der Waals surface area contributed by atoms with Crippen molar-refractivity contribution >= 4 is 22.7 Å². The van der Waals surface area contributed by atoms with E-state index in [0.29, 0.717) is 0 Å². The molecule has 0 radical (unpaired) electrons. The van der Waals surface area contributed by atoms with Crippen LogP contribution in [0.25, 0.3) is 0 Å². The topological polar surface area (TPSA) is 55.2 Å². The van der Waals surface area contributed by atoms with Crippen LogP contribution >= 0.6 is 11.3 Å². The number of aryl methyl sites for hydroxylation is 1. The van der Waals surface area contributed by atoms with E-state index in [-0.39, 0.29) is 17.4 Å². The van der Waals surface area contributed by atoms with Gasteiger partial charge < -0.3 is 5.32 Å². The maximum absolute atomic E-state index is 13.3. The van der Waals surface area contributed by atoms with Crippen LogP contribution in [0.1, 0.15) is 29.6 Å². The van der Waals surface area contributed by atoms with Crippen LogP contribution in [0.4, 0.5) is 15.8 Å². The molecule has 1 aromatic heterocycles. The summed E-state index contributed by atoms with van der Waals surface area (Å²) in [5.41, 5.74) is 0.0828. The molecule has 6 heteroatoms. The number of nitro groups is 1. The highest BCUT2D eigenvalue weighted by molar-refractivity contribution is 7.12. The van der Waals surface area contributed by atoms with Gasteiger partial charge in [-0.05, 0) is 31.5 Å². The van der Waals surface area contributed by atoms with Crippen LogP contribution in [0.5, 0.6) is 0 Å². The molecule has 1 N–H and O–H groups in total. The summed E-state index contributed by atoms with van der Waals surface area (Å²) in [6.45, 7) is 3.98. The highest BCUT2D eigenvalue weighted by atomic mass is 32.1.